The van der Waals surface area contributed by atoms with Crippen LogP contribution in [0, 0.1) is 0 Å². The van der Waals surface area contributed by atoms with Crippen molar-refractivity contribution in [1.82, 2.24) is 10.7 Å². The molecule has 2 aliphatic heterocycles. The number of anilines is 1. The third kappa shape index (κ3) is 4.71. The highest BCUT2D eigenvalue weighted by Gasteiger charge is 2.13. The number of morpholine rings is 1. The molecule has 0 saturated carbocycles. The van der Waals surface area contributed by atoms with E-state index in [1.165, 1.54) is 5.69 Å². The fraction of sp³-hybridized carbons (Fsp3) is 0.300. The first-order valence-corrected chi connectivity index (χ1v) is 9.57. The molecule has 2 heterocycles. The van der Waals surface area contributed by atoms with Gasteiger partial charge in [0.25, 0.3) is 0 Å². The average molecular weight is 398 g/mol. The Morgan fingerprint density at radius 1 is 1.07 bits per heavy atom. The molecule has 2 aromatic rings. The second-order valence-corrected chi connectivity index (χ2v) is 6.84. The Labute approximate surface area is 169 Å². The number of nitrogens with one attached hydrogen (secondary N) is 2. The van der Waals surface area contributed by atoms with Crippen molar-refractivity contribution in [3.63, 3.8) is 0 Å². The fourth-order valence-corrected chi connectivity index (χ4v) is 3.16. The zero-order valence-corrected chi connectivity index (χ0v) is 16.2. The quantitative estimate of drug-likeness (QED) is 0.455. The summed E-state index contributed by atoms with van der Waals surface area (Å²) in [5.41, 5.74) is 6.10. The largest absolute Gasteiger partial charge is 0.454 e. The molecular formula is C20H22N4O3S. The van der Waals surface area contributed by atoms with E-state index in [1.54, 1.807) is 6.21 Å². The van der Waals surface area contributed by atoms with Gasteiger partial charge >= 0.3 is 0 Å². The van der Waals surface area contributed by atoms with Crippen LogP contribution in [-0.4, -0.2) is 44.4 Å². The third-order valence-corrected chi connectivity index (χ3v) is 4.77. The SMILES string of the molecule is S=C(NCc1ccc2c(c1)OCO2)N/N=C\c1ccc(N2CCOCC2)cc1. The van der Waals surface area contributed by atoms with Crippen LogP contribution < -0.4 is 25.1 Å². The van der Waals surface area contributed by atoms with E-state index in [9.17, 15) is 0 Å². The summed E-state index contributed by atoms with van der Waals surface area (Å²) in [6.45, 7) is 4.27. The number of fused-ring (bicyclic) bond motifs is 1. The van der Waals surface area contributed by atoms with Gasteiger partial charge in [-0.05, 0) is 47.6 Å². The predicted molar refractivity (Wildman–Crippen MR) is 112 cm³/mol. The molecule has 1 saturated heterocycles. The predicted octanol–water partition coefficient (Wildman–Crippen LogP) is 2.25. The molecule has 146 valence electrons. The van der Waals surface area contributed by atoms with Gasteiger partial charge in [0, 0.05) is 25.3 Å². The van der Waals surface area contributed by atoms with Crippen LogP contribution in [0.2, 0.25) is 0 Å². The van der Waals surface area contributed by atoms with Crippen molar-refractivity contribution in [3.8, 4) is 11.5 Å². The van der Waals surface area contributed by atoms with Gasteiger partial charge < -0.3 is 24.4 Å². The van der Waals surface area contributed by atoms with Gasteiger partial charge in [0.2, 0.25) is 6.79 Å². The van der Waals surface area contributed by atoms with Crippen LogP contribution >= 0.6 is 12.2 Å². The van der Waals surface area contributed by atoms with Gasteiger partial charge in [-0.15, -0.1) is 0 Å². The first-order valence-electron chi connectivity index (χ1n) is 9.16. The molecule has 2 aromatic carbocycles. The Kier molecular flexibility index (Phi) is 5.89. The summed E-state index contributed by atoms with van der Waals surface area (Å²) < 4.78 is 16.1. The van der Waals surface area contributed by atoms with Crippen LogP contribution in [-0.2, 0) is 11.3 Å². The molecule has 2 N–H and O–H groups in total. The maximum absolute atomic E-state index is 5.39. The maximum Gasteiger partial charge on any atom is 0.231 e. The minimum absolute atomic E-state index is 0.272. The van der Waals surface area contributed by atoms with Crippen LogP contribution in [0.1, 0.15) is 11.1 Å². The summed E-state index contributed by atoms with van der Waals surface area (Å²) in [5, 5.41) is 7.77. The van der Waals surface area contributed by atoms with Crippen molar-refractivity contribution >= 4 is 29.2 Å². The van der Waals surface area contributed by atoms with Gasteiger partial charge in [-0.2, -0.15) is 5.10 Å². The highest BCUT2D eigenvalue weighted by Crippen LogP contribution is 2.32. The molecule has 8 heteroatoms. The van der Waals surface area contributed by atoms with Crippen molar-refractivity contribution in [3.05, 3.63) is 53.6 Å². The molecule has 0 amide bonds. The molecule has 0 aliphatic carbocycles. The molecule has 7 nitrogen and oxygen atoms in total. The Hall–Kier alpha value is -2.84. The summed E-state index contributed by atoms with van der Waals surface area (Å²) in [7, 11) is 0. The number of rotatable bonds is 5. The lowest BCUT2D eigenvalue weighted by Gasteiger charge is -2.28. The molecule has 2 aliphatic rings. The molecule has 4 rings (SSSR count). The van der Waals surface area contributed by atoms with Crippen LogP contribution in [0.25, 0.3) is 0 Å². The number of hydrazone groups is 1. The Balaban J connectivity index is 1.23. The van der Waals surface area contributed by atoms with Gasteiger partial charge in [-0.1, -0.05) is 18.2 Å². The first-order chi connectivity index (χ1) is 13.8. The van der Waals surface area contributed by atoms with E-state index in [2.05, 4.69) is 32.9 Å². The van der Waals surface area contributed by atoms with E-state index in [0.717, 1.165) is 48.9 Å². The van der Waals surface area contributed by atoms with Crippen molar-refractivity contribution < 1.29 is 14.2 Å². The molecule has 0 aromatic heterocycles. The Morgan fingerprint density at radius 3 is 2.68 bits per heavy atom. The second kappa shape index (κ2) is 8.90. The van der Waals surface area contributed by atoms with E-state index in [1.807, 2.05) is 30.3 Å². The normalized spacial score (nSPS) is 15.6. The summed E-state index contributed by atoms with van der Waals surface area (Å²) in [6.07, 6.45) is 1.75. The van der Waals surface area contributed by atoms with Gasteiger partial charge in [0.15, 0.2) is 16.6 Å². The number of hydrogen-bond acceptors (Lipinski definition) is 6. The molecule has 0 atom stereocenters. The average Bonchev–Trinajstić information content (AvgIpc) is 3.21. The Morgan fingerprint density at radius 2 is 1.86 bits per heavy atom. The number of benzene rings is 2. The zero-order valence-electron chi connectivity index (χ0n) is 15.4. The van der Waals surface area contributed by atoms with Crippen LogP contribution in [0.4, 0.5) is 5.69 Å². The van der Waals surface area contributed by atoms with Crippen LogP contribution in [0.3, 0.4) is 0 Å². The van der Waals surface area contributed by atoms with Crippen molar-refractivity contribution in [2.24, 2.45) is 5.10 Å². The van der Waals surface area contributed by atoms with E-state index in [0.29, 0.717) is 11.7 Å². The third-order valence-electron chi connectivity index (χ3n) is 4.54. The summed E-state index contributed by atoms with van der Waals surface area (Å²) >= 11 is 5.26. The lowest BCUT2D eigenvalue weighted by Crippen LogP contribution is -2.36. The van der Waals surface area contributed by atoms with E-state index >= 15 is 0 Å². The molecule has 28 heavy (non-hydrogen) atoms. The number of hydrogen-bond donors (Lipinski definition) is 2. The molecule has 0 radical (unpaired) electrons. The van der Waals surface area contributed by atoms with Crippen molar-refractivity contribution in [1.29, 1.82) is 0 Å². The van der Waals surface area contributed by atoms with E-state index < -0.39 is 0 Å². The zero-order chi connectivity index (χ0) is 19.2. The highest BCUT2D eigenvalue weighted by atomic mass is 32.1. The lowest BCUT2D eigenvalue weighted by molar-refractivity contribution is 0.122. The summed E-state index contributed by atoms with van der Waals surface area (Å²) in [4.78, 5) is 2.32. The smallest absolute Gasteiger partial charge is 0.231 e. The minimum atomic E-state index is 0.272. The molecular weight excluding hydrogens is 376 g/mol. The standard InChI is InChI=1S/C20H22N4O3S/c28-20(21-12-16-3-6-18-19(11-16)27-14-26-18)23-22-13-15-1-4-17(5-2-15)24-7-9-25-10-8-24/h1-6,11,13H,7-10,12,14H2,(H2,21,23,28)/b22-13-. The summed E-state index contributed by atoms with van der Waals surface area (Å²) in [6, 6.07) is 14.1. The molecule has 0 unspecified atom stereocenters. The monoisotopic (exact) mass is 398 g/mol. The van der Waals surface area contributed by atoms with Gasteiger partial charge in [-0.25, -0.2) is 0 Å². The van der Waals surface area contributed by atoms with Gasteiger partial charge in [-0.3, -0.25) is 5.43 Å². The van der Waals surface area contributed by atoms with Gasteiger partial charge in [0.05, 0.1) is 19.4 Å². The van der Waals surface area contributed by atoms with Gasteiger partial charge in [0.1, 0.15) is 0 Å². The fourth-order valence-electron chi connectivity index (χ4n) is 3.03. The van der Waals surface area contributed by atoms with Crippen molar-refractivity contribution in [2.75, 3.05) is 38.0 Å². The molecule has 0 spiro atoms. The lowest BCUT2D eigenvalue weighted by atomic mass is 10.2. The maximum atomic E-state index is 5.39. The highest BCUT2D eigenvalue weighted by molar-refractivity contribution is 7.80. The topological polar surface area (TPSA) is 67.3 Å². The van der Waals surface area contributed by atoms with Crippen molar-refractivity contribution in [2.45, 2.75) is 6.54 Å². The second-order valence-electron chi connectivity index (χ2n) is 6.43. The number of nitrogens with zero attached hydrogens (tertiary/aromatic N) is 2. The van der Waals surface area contributed by atoms with E-state index in [-0.39, 0.29) is 6.79 Å². The van der Waals surface area contributed by atoms with E-state index in [4.69, 9.17) is 26.4 Å². The Bertz CT molecular complexity index is 851. The van der Waals surface area contributed by atoms with Crippen LogP contribution in [0.5, 0.6) is 11.5 Å². The number of ether oxygens (including phenoxy) is 3. The first kappa shape index (κ1) is 18.5. The molecule has 1 fully saturated rings. The summed E-state index contributed by atoms with van der Waals surface area (Å²) in [5.74, 6) is 1.53. The number of thiocarbonyl (C=S) groups is 1. The molecule has 0 bridgehead atoms. The van der Waals surface area contributed by atoms with Crippen LogP contribution in [0.15, 0.2) is 47.6 Å². The minimum Gasteiger partial charge on any atom is -0.454 e.